The van der Waals surface area contributed by atoms with Gasteiger partial charge in [0.05, 0.1) is 16.9 Å². The molecule has 0 aromatic rings. The van der Waals surface area contributed by atoms with Gasteiger partial charge in [-0.25, -0.2) is 0 Å². The van der Waals surface area contributed by atoms with Crippen LogP contribution in [0, 0.1) is 0 Å². The van der Waals surface area contributed by atoms with Gasteiger partial charge in [0, 0.05) is 0 Å². The molecule has 5 N–H and O–H groups in total. The normalized spacial score (nSPS) is 33.0. The number of rotatable bonds is 0. The summed E-state index contributed by atoms with van der Waals surface area (Å²) < 4.78 is 3.12. The molecule has 2 aliphatic rings. The van der Waals surface area contributed by atoms with Crippen LogP contribution < -0.4 is 16.2 Å². The van der Waals surface area contributed by atoms with E-state index in [9.17, 15) is 0 Å². The highest BCUT2D eigenvalue weighted by atomic mass is 32.2. The first kappa shape index (κ1) is 7.76. The standard InChI is InChI=1S/C8H11N3S/c1-8(10)4-5-2-3-12-11-6(5)7(8)9/h2-4,11H,9-10H2,1H3/t8-/m1/s1. The van der Waals surface area contributed by atoms with Crippen LogP contribution in [0.1, 0.15) is 6.92 Å². The van der Waals surface area contributed by atoms with Crippen molar-refractivity contribution >= 4 is 11.9 Å². The van der Waals surface area contributed by atoms with Crippen LogP contribution in [0.25, 0.3) is 0 Å². The van der Waals surface area contributed by atoms with Crippen molar-refractivity contribution in [1.82, 2.24) is 4.72 Å². The molecule has 12 heavy (non-hydrogen) atoms. The Hall–Kier alpha value is -0.870. The summed E-state index contributed by atoms with van der Waals surface area (Å²) in [5.41, 5.74) is 14.1. The lowest BCUT2D eigenvalue weighted by Gasteiger charge is -2.17. The molecule has 3 nitrogen and oxygen atoms in total. The third kappa shape index (κ3) is 0.956. The van der Waals surface area contributed by atoms with E-state index in [1.165, 1.54) is 11.9 Å². The van der Waals surface area contributed by atoms with Crippen molar-refractivity contribution in [3.05, 3.63) is 34.5 Å². The molecule has 1 atom stereocenters. The first-order valence-electron chi connectivity index (χ1n) is 3.72. The van der Waals surface area contributed by atoms with Crippen molar-refractivity contribution in [2.45, 2.75) is 12.5 Å². The molecule has 0 amide bonds. The Morgan fingerprint density at radius 2 is 2.33 bits per heavy atom. The molecule has 1 aliphatic heterocycles. The lowest BCUT2D eigenvalue weighted by Crippen LogP contribution is -2.38. The molecular weight excluding hydrogens is 170 g/mol. The molecule has 0 fully saturated rings. The van der Waals surface area contributed by atoms with E-state index in [-0.39, 0.29) is 0 Å². The van der Waals surface area contributed by atoms with E-state index in [0.29, 0.717) is 5.70 Å². The van der Waals surface area contributed by atoms with Crippen molar-refractivity contribution in [1.29, 1.82) is 0 Å². The van der Waals surface area contributed by atoms with E-state index >= 15 is 0 Å². The Balaban J connectivity index is 2.51. The van der Waals surface area contributed by atoms with Gasteiger partial charge in [0.25, 0.3) is 0 Å². The van der Waals surface area contributed by atoms with Gasteiger partial charge in [0.2, 0.25) is 0 Å². The number of nitrogens with one attached hydrogen (secondary N) is 1. The minimum absolute atomic E-state index is 0.493. The van der Waals surface area contributed by atoms with Gasteiger partial charge in [0.1, 0.15) is 0 Å². The van der Waals surface area contributed by atoms with Gasteiger partial charge in [0.15, 0.2) is 0 Å². The molecule has 64 valence electrons. The summed E-state index contributed by atoms with van der Waals surface area (Å²) >= 11 is 1.51. The Morgan fingerprint density at radius 3 is 3.00 bits per heavy atom. The molecule has 1 heterocycles. The minimum atomic E-state index is -0.493. The van der Waals surface area contributed by atoms with Crippen LogP contribution in [-0.2, 0) is 0 Å². The summed E-state index contributed by atoms with van der Waals surface area (Å²) in [4.78, 5) is 0. The van der Waals surface area contributed by atoms with E-state index in [2.05, 4.69) is 4.72 Å². The molecule has 0 aromatic carbocycles. The van der Waals surface area contributed by atoms with Crippen LogP contribution in [0.4, 0.5) is 0 Å². The quantitative estimate of drug-likeness (QED) is 0.478. The van der Waals surface area contributed by atoms with E-state index in [4.69, 9.17) is 11.5 Å². The molecule has 0 bridgehead atoms. The molecule has 0 aromatic heterocycles. The third-order valence-electron chi connectivity index (χ3n) is 2.07. The van der Waals surface area contributed by atoms with Gasteiger partial charge in [-0.15, -0.1) is 0 Å². The molecule has 2 rings (SSSR count). The lowest BCUT2D eigenvalue weighted by molar-refractivity contribution is 0.683. The SMILES string of the molecule is C[C@@]1(N)C=C2C=CSNC2=C1N. The highest BCUT2D eigenvalue weighted by Gasteiger charge is 2.31. The first-order chi connectivity index (χ1) is 5.61. The van der Waals surface area contributed by atoms with Gasteiger partial charge >= 0.3 is 0 Å². The smallest absolute Gasteiger partial charge is 0.0744 e. The maximum Gasteiger partial charge on any atom is 0.0744 e. The Labute approximate surface area is 75.7 Å². The first-order valence-corrected chi connectivity index (χ1v) is 4.60. The maximum atomic E-state index is 5.94. The molecular formula is C8H11N3S. The summed E-state index contributed by atoms with van der Waals surface area (Å²) in [6, 6.07) is 0. The average Bonchev–Trinajstić information content (AvgIpc) is 2.24. The molecule has 0 saturated heterocycles. The molecule has 0 unspecified atom stereocenters. The predicted molar refractivity (Wildman–Crippen MR) is 51.8 cm³/mol. The average molecular weight is 181 g/mol. The molecule has 1 aliphatic carbocycles. The Kier molecular flexibility index (Phi) is 1.49. The fraction of sp³-hybridized carbons (Fsp3) is 0.250. The van der Waals surface area contributed by atoms with Crippen LogP contribution in [0.2, 0.25) is 0 Å². The van der Waals surface area contributed by atoms with Crippen LogP contribution >= 0.6 is 11.9 Å². The zero-order valence-corrected chi connectivity index (χ0v) is 7.61. The monoisotopic (exact) mass is 181 g/mol. The topological polar surface area (TPSA) is 64.1 Å². The highest BCUT2D eigenvalue weighted by Crippen LogP contribution is 2.32. The van der Waals surface area contributed by atoms with Crippen molar-refractivity contribution in [3.8, 4) is 0 Å². The molecule has 4 heteroatoms. The van der Waals surface area contributed by atoms with Gasteiger partial charge < -0.3 is 16.2 Å². The zero-order chi connectivity index (χ0) is 8.77. The van der Waals surface area contributed by atoms with Crippen LogP contribution in [0.5, 0.6) is 0 Å². The third-order valence-corrected chi connectivity index (χ3v) is 2.66. The minimum Gasteiger partial charge on any atom is -0.399 e. The summed E-state index contributed by atoms with van der Waals surface area (Å²) in [6.45, 7) is 1.90. The number of allylic oxidation sites excluding steroid dienone is 1. The van der Waals surface area contributed by atoms with Gasteiger partial charge in [-0.05, 0) is 42.0 Å². The van der Waals surface area contributed by atoms with Crippen LogP contribution in [0.3, 0.4) is 0 Å². The second kappa shape index (κ2) is 2.31. The molecule has 0 saturated carbocycles. The Bertz CT molecular complexity index is 312. The van der Waals surface area contributed by atoms with Crippen LogP contribution in [-0.4, -0.2) is 5.54 Å². The van der Waals surface area contributed by atoms with Gasteiger partial charge in [-0.2, -0.15) is 0 Å². The number of nitrogens with two attached hydrogens (primary N) is 2. The predicted octanol–water partition coefficient (Wildman–Crippen LogP) is 0.579. The van der Waals surface area contributed by atoms with Crippen molar-refractivity contribution in [3.63, 3.8) is 0 Å². The zero-order valence-electron chi connectivity index (χ0n) is 6.79. The fourth-order valence-corrected chi connectivity index (χ4v) is 1.97. The summed E-state index contributed by atoms with van der Waals surface area (Å²) in [7, 11) is 0. The maximum absolute atomic E-state index is 5.94. The largest absolute Gasteiger partial charge is 0.399 e. The number of hydrogen-bond donors (Lipinski definition) is 3. The highest BCUT2D eigenvalue weighted by molar-refractivity contribution is 8.00. The Morgan fingerprint density at radius 1 is 1.58 bits per heavy atom. The fourth-order valence-electron chi connectivity index (χ4n) is 1.34. The number of hydrogen-bond acceptors (Lipinski definition) is 4. The van der Waals surface area contributed by atoms with Crippen molar-refractivity contribution < 1.29 is 0 Å². The van der Waals surface area contributed by atoms with Crippen molar-refractivity contribution in [2.75, 3.05) is 0 Å². The summed E-state index contributed by atoms with van der Waals surface area (Å²) in [6.07, 6.45) is 3.99. The summed E-state index contributed by atoms with van der Waals surface area (Å²) in [5.74, 6) is 0. The van der Waals surface area contributed by atoms with E-state index < -0.39 is 5.54 Å². The van der Waals surface area contributed by atoms with Crippen LogP contribution in [0.15, 0.2) is 34.5 Å². The van der Waals surface area contributed by atoms with E-state index in [1.807, 2.05) is 24.5 Å². The van der Waals surface area contributed by atoms with Gasteiger partial charge in [-0.1, -0.05) is 0 Å². The summed E-state index contributed by atoms with van der Waals surface area (Å²) in [5, 5.41) is 1.98. The second-order valence-electron chi connectivity index (χ2n) is 3.19. The van der Waals surface area contributed by atoms with E-state index in [1.54, 1.807) is 0 Å². The second-order valence-corrected chi connectivity index (χ2v) is 3.91. The van der Waals surface area contributed by atoms with Gasteiger partial charge in [-0.3, -0.25) is 0 Å². The number of fused-ring (bicyclic) bond motifs is 1. The molecule has 0 radical (unpaired) electrons. The van der Waals surface area contributed by atoms with Crippen molar-refractivity contribution in [2.24, 2.45) is 11.5 Å². The lowest BCUT2D eigenvalue weighted by atomic mass is 10.0. The van der Waals surface area contributed by atoms with E-state index in [0.717, 1.165) is 11.3 Å². The molecule has 0 spiro atoms.